The summed E-state index contributed by atoms with van der Waals surface area (Å²) >= 11 is 1.67. The number of benzene rings is 1. The first kappa shape index (κ1) is 17.4. The van der Waals surface area contributed by atoms with Gasteiger partial charge in [-0.3, -0.25) is 4.99 Å². The highest BCUT2D eigenvalue weighted by molar-refractivity contribution is 7.07. The van der Waals surface area contributed by atoms with E-state index in [0.717, 1.165) is 19.0 Å². The van der Waals surface area contributed by atoms with E-state index in [4.69, 9.17) is 0 Å². The van der Waals surface area contributed by atoms with Crippen molar-refractivity contribution in [1.29, 1.82) is 0 Å². The van der Waals surface area contributed by atoms with Crippen LogP contribution in [0.15, 0.2) is 46.1 Å². The van der Waals surface area contributed by atoms with Gasteiger partial charge in [0.05, 0.1) is 12.6 Å². The first-order valence-electron chi connectivity index (χ1n) is 7.54. The van der Waals surface area contributed by atoms with Gasteiger partial charge in [-0.2, -0.15) is 11.3 Å². The van der Waals surface area contributed by atoms with Gasteiger partial charge in [0.2, 0.25) is 0 Å². The van der Waals surface area contributed by atoms with Gasteiger partial charge in [-0.15, -0.1) is 0 Å². The molecule has 1 heterocycles. The lowest BCUT2D eigenvalue weighted by molar-refractivity contribution is 0.186. The highest BCUT2D eigenvalue weighted by Gasteiger charge is 2.10. The second-order valence-corrected chi connectivity index (χ2v) is 6.03. The fourth-order valence-corrected chi connectivity index (χ4v) is 2.82. The van der Waals surface area contributed by atoms with Crippen molar-refractivity contribution in [2.24, 2.45) is 4.99 Å². The van der Waals surface area contributed by atoms with Gasteiger partial charge in [0, 0.05) is 20.1 Å². The van der Waals surface area contributed by atoms with Crippen molar-refractivity contribution in [3.8, 4) is 0 Å². The lowest BCUT2D eigenvalue weighted by atomic mass is 10.1. The molecule has 2 N–H and O–H groups in total. The molecule has 124 valence electrons. The normalized spacial score (nSPS) is 13.0. The SMILES string of the molecule is CCNC(=NCC(O)c1ccc(F)cc1)N(C)Cc1ccsc1. The molecule has 0 saturated carbocycles. The third-order valence-electron chi connectivity index (χ3n) is 3.37. The highest BCUT2D eigenvalue weighted by atomic mass is 32.1. The van der Waals surface area contributed by atoms with Crippen LogP contribution in [0.4, 0.5) is 4.39 Å². The van der Waals surface area contributed by atoms with Crippen molar-refractivity contribution in [3.05, 3.63) is 58.0 Å². The van der Waals surface area contributed by atoms with Crippen LogP contribution in [0.1, 0.15) is 24.2 Å². The average molecular weight is 335 g/mol. The van der Waals surface area contributed by atoms with Crippen LogP contribution in [0.25, 0.3) is 0 Å². The Morgan fingerprint density at radius 2 is 2.09 bits per heavy atom. The van der Waals surface area contributed by atoms with E-state index in [9.17, 15) is 9.50 Å². The summed E-state index contributed by atoms with van der Waals surface area (Å²) < 4.78 is 12.9. The Labute approximate surface area is 140 Å². The maximum atomic E-state index is 12.9. The minimum absolute atomic E-state index is 0.224. The summed E-state index contributed by atoms with van der Waals surface area (Å²) in [5.74, 6) is 0.424. The third kappa shape index (κ3) is 5.33. The molecule has 6 heteroatoms. The molecule has 2 rings (SSSR count). The molecule has 4 nitrogen and oxygen atoms in total. The van der Waals surface area contributed by atoms with Crippen molar-refractivity contribution in [3.63, 3.8) is 0 Å². The minimum Gasteiger partial charge on any atom is -0.386 e. The summed E-state index contributed by atoms with van der Waals surface area (Å²) in [5.41, 5.74) is 1.88. The number of rotatable bonds is 6. The average Bonchev–Trinajstić information content (AvgIpc) is 3.04. The summed E-state index contributed by atoms with van der Waals surface area (Å²) in [7, 11) is 1.96. The van der Waals surface area contributed by atoms with E-state index in [2.05, 4.69) is 21.8 Å². The van der Waals surface area contributed by atoms with Gasteiger partial charge in [-0.05, 0) is 47.0 Å². The van der Waals surface area contributed by atoms with Gasteiger partial charge >= 0.3 is 0 Å². The summed E-state index contributed by atoms with van der Waals surface area (Å²) in [6, 6.07) is 7.93. The number of guanidine groups is 1. The molecule has 0 spiro atoms. The second-order valence-electron chi connectivity index (χ2n) is 5.25. The molecule has 23 heavy (non-hydrogen) atoms. The second kappa shape index (κ2) is 8.64. The molecule has 1 aromatic heterocycles. The largest absolute Gasteiger partial charge is 0.386 e. The topological polar surface area (TPSA) is 47.9 Å². The molecule has 1 atom stereocenters. The Hall–Kier alpha value is -1.92. The Morgan fingerprint density at radius 1 is 1.35 bits per heavy atom. The summed E-state index contributed by atoms with van der Waals surface area (Å²) in [5, 5.41) is 17.6. The van der Waals surface area contributed by atoms with E-state index in [0.29, 0.717) is 5.56 Å². The fraction of sp³-hybridized carbons (Fsp3) is 0.353. The van der Waals surface area contributed by atoms with E-state index in [1.165, 1.54) is 17.7 Å². The summed E-state index contributed by atoms with van der Waals surface area (Å²) in [6.07, 6.45) is -0.751. The number of aliphatic hydroxyl groups is 1. The lowest BCUT2D eigenvalue weighted by Crippen LogP contribution is -2.38. The van der Waals surface area contributed by atoms with Crippen LogP contribution in [0.3, 0.4) is 0 Å². The summed E-state index contributed by atoms with van der Waals surface area (Å²) in [6.45, 7) is 3.73. The Balaban J connectivity index is 2.01. The molecule has 2 aromatic rings. The van der Waals surface area contributed by atoms with Gasteiger partial charge in [-0.25, -0.2) is 4.39 Å². The van der Waals surface area contributed by atoms with Crippen LogP contribution in [0, 0.1) is 5.82 Å². The predicted octanol–water partition coefficient (Wildman–Crippen LogP) is 3.02. The van der Waals surface area contributed by atoms with Crippen LogP contribution < -0.4 is 5.32 Å². The molecule has 0 aliphatic heterocycles. The Kier molecular flexibility index (Phi) is 6.55. The van der Waals surface area contributed by atoms with Crippen LogP contribution >= 0.6 is 11.3 Å². The third-order valence-corrected chi connectivity index (χ3v) is 4.10. The maximum absolute atomic E-state index is 12.9. The molecule has 0 aliphatic carbocycles. The molecule has 0 fully saturated rings. The smallest absolute Gasteiger partial charge is 0.194 e. The van der Waals surface area contributed by atoms with E-state index < -0.39 is 6.10 Å². The minimum atomic E-state index is -0.751. The number of hydrogen-bond acceptors (Lipinski definition) is 3. The molecule has 1 unspecified atom stereocenters. The number of thiophene rings is 1. The van der Waals surface area contributed by atoms with Gasteiger partial charge in [0.25, 0.3) is 0 Å². The van der Waals surface area contributed by atoms with Crippen molar-refractivity contribution in [1.82, 2.24) is 10.2 Å². The van der Waals surface area contributed by atoms with Crippen molar-refractivity contribution in [2.45, 2.75) is 19.6 Å². The van der Waals surface area contributed by atoms with Crippen LogP contribution in [-0.2, 0) is 6.54 Å². The first-order chi connectivity index (χ1) is 11.1. The van der Waals surface area contributed by atoms with Crippen LogP contribution in [0.2, 0.25) is 0 Å². The maximum Gasteiger partial charge on any atom is 0.194 e. The first-order valence-corrected chi connectivity index (χ1v) is 8.48. The van der Waals surface area contributed by atoms with E-state index >= 15 is 0 Å². The number of nitrogens with zero attached hydrogens (tertiary/aromatic N) is 2. The molecular weight excluding hydrogens is 313 g/mol. The standard InChI is InChI=1S/C17H22FN3OS/c1-3-19-17(21(2)11-13-8-9-23-12-13)20-10-16(22)14-4-6-15(18)7-5-14/h4-9,12,16,22H,3,10-11H2,1-2H3,(H,19,20). The predicted molar refractivity (Wildman–Crippen MR) is 93.1 cm³/mol. The molecule has 0 saturated heterocycles. The molecule has 0 bridgehead atoms. The number of halogens is 1. The molecule has 0 radical (unpaired) electrons. The van der Waals surface area contributed by atoms with E-state index in [1.807, 2.05) is 24.3 Å². The number of aliphatic imine (C=N–C) groups is 1. The molecule has 0 aliphatic rings. The fourth-order valence-electron chi connectivity index (χ4n) is 2.16. The van der Waals surface area contributed by atoms with Crippen molar-refractivity contribution >= 4 is 17.3 Å². The van der Waals surface area contributed by atoms with Crippen LogP contribution in [-0.4, -0.2) is 36.1 Å². The summed E-state index contributed by atoms with van der Waals surface area (Å²) in [4.78, 5) is 6.50. The Bertz CT molecular complexity index is 613. The van der Waals surface area contributed by atoms with Gasteiger partial charge in [0.15, 0.2) is 5.96 Å². The zero-order chi connectivity index (χ0) is 16.7. The Morgan fingerprint density at radius 3 is 2.70 bits per heavy atom. The molecule has 0 amide bonds. The van der Waals surface area contributed by atoms with Gasteiger partial charge in [-0.1, -0.05) is 12.1 Å². The number of hydrogen-bond donors (Lipinski definition) is 2. The zero-order valence-corrected chi connectivity index (χ0v) is 14.2. The molecular formula is C17H22FN3OS. The van der Waals surface area contributed by atoms with Crippen LogP contribution in [0.5, 0.6) is 0 Å². The lowest BCUT2D eigenvalue weighted by Gasteiger charge is -2.22. The highest BCUT2D eigenvalue weighted by Crippen LogP contribution is 2.14. The molecule has 1 aromatic carbocycles. The quantitative estimate of drug-likeness (QED) is 0.630. The van der Waals surface area contributed by atoms with E-state index in [-0.39, 0.29) is 12.4 Å². The van der Waals surface area contributed by atoms with E-state index in [1.54, 1.807) is 23.5 Å². The van der Waals surface area contributed by atoms with Crippen molar-refractivity contribution < 1.29 is 9.50 Å². The van der Waals surface area contributed by atoms with Gasteiger partial charge in [0.1, 0.15) is 5.82 Å². The monoisotopic (exact) mass is 335 g/mol. The van der Waals surface area contributed by atoms with Gasteiger partial charge < -0.3 is 15.3 Å². The number of aliphatic hydroxyl groups excluding tert-OH is 1. The number of nitrogens with one attached hydrogen (secondary N) is 1. The zero-order valence-electron chi connectivity index (χ0n) is 13.4. The van der Waals surface area contributed by atoms with Crippen molar-refractivity contribution in [2.75, 3.05) is 20.1 Å².